The second kappa shape index (κ2) is 32.8. The summed E-state index contributed by atoms with van der Waals surface area (Å²) in [5.41, 5.74) is 7.01. The van der Waals surface area contributed by atoms with Gasteiger partial charge in [0.15, 0.2) is 16.6 Å². The highest BCUT2D eigenvalue weighted by molar-refractivity contribution is 5.93. The molecule has 486 valence electrons. The highest BCUT2D eigenvalue weighted by atomic mass is 19.4. The van der Waals surface area contributed by atoms with E-state index in [1.807, 2.05) is 164 Å². The fraction of sp³-hybridized carbons (Fsp3) is 0.305. The molecule has 0 atom stereocenters. The van der Waals surface area contributed by atoms with Crippen LogP contribution in [0.25, 0.3) is 0 Å². The van der Waals surface area contributed by atoms with Gasteiger partial charge in [0, 0.05) is 19.6 Å². The Morgan fingerprint density at radius 1 is 0.340 bits per heavy atom. The van der Waals surface area contributed by atoms with Crippen molar-refractivity contribution in [3.8, 4) is 0 Å². The monoisotopic (exact) mass is 1260 g/mol. The minimum atomic E-state index is -4.43. The fourth-order valence-corrected chi connectivity index (χ4v) is 14.3. The predicted octanol–water partition coefficient (Wildman–Crippen LogP) is 15.9. The molecule has 3 heterocycles. The van der Waals surface area contributed by atoms with E-state index in [9.17, 15) is 27.6 Å². The summed E-state index contributed by atoms with van der Waals surface area (Å²) in [5, 5.41) is 9.56. The molecule has 3 aliphatic rings. The Morgan fingerprint density at radius 2 is 0.638 bits per heavy atom. The number of amides is 3. The van der Waals surface area contributed by atoms with Crippen molar-refractivity contribution < 1.29 is 27.6 Å². The maximum atomic E-state index is 14.1. The van der Waals surface area contributed by atoms with Gasteiger partial charge in [-0.05, 0) is 166 Å². The molecule has 9 aromatic rings. The fourth-order valence-electron chi connectivity index (χ4n) is 14.3. The number of aryl methyl sites for hydroxylation is 2. The van der Waals surface area contributed by atoms with Gasteiger partial charge in [0.25, 0.3) is 0 Å². The molecule has 3 N–H and O–H groups in total. The minimum absolute atomic E-state index is 0.0127. The molecule has 9 aromatic carbocycles. The van der Waals surface area contributed by atoms with Crippen LogP contribution in [-0.4, -0.2) is 78.2 Å². The highest BCUT2D eigenvalue weighted by Gasteiger charge is 2.50. The van der Waals surface area contributed by atoms with Crippen molar-refractivity contribution in [2.24, 2.45) is 0 Å². The Kier molecular flexibility index (Phi) is 23.7. The van der Waals surface area contributed by atoms with E-state index < -0.39 is 28.4 Å². The lowest BCUT2D eigenvalue weighted by Crippen LogP contribution is -2.58. The summed E-state index contributed by atoms with van der Waals surface area (Å²) in [6.45, 7) is 10.1. The van der Waals surface area contributed by atoms with Gasteiger partial charge in [-0.2, -0.15) is 13.2 Å². The van der Waals surface area contributed by atoms with Gasteiger partial charge in [0.2, 0.25) is 17.7 Å². The molecule has 0 spiro atoms. The molecular weight excluding hydrogens is 1170 g/mol. The van der Waals surface area contributed by atoms with Crippen molar-refractivity contribution in [1.82, 2.24) is 30.7 Å². The molecule has 9 nitrogen and oxygen atoms in total. The van der Waals surface area contributed by atoms with Crippen LogP contribution in [0.2, 0.25) is 0 Å². The average Bonchev–Trinajstić information content (AvgIpc) is 0.776. The summed E-state index contributed by atoms with van der Waals surface area (Å²) in [6.07, 6.45) is 6.42. The molecule has 3 saturated heterocycles. The number of likely N-dealkylation sites (tertiary alicyclic amines) is 3. The van der Waals surface area contributed by atoms with E-state index in [0.717, 1.165) is 142 Å². The third kappa shape index (κ3) is 15.8. The number of benzene rings is 9. The zero-order valence-electron chi connectivity index (χ0n) is 54.4. The zero-order valence-corrected chi connectivity index (χ0v) is 54.4. The Hall–Kier alpha value is -8.94. The molecule has 94 heavy (non-hydrogen) atoms. The standard InChI is InChI=1S/C28H29F3N2O.C28H32N2O.C26H28N2O/c1-21-17-22(19-25(18-21)28(29,30)31)20-32-26(34)27(23-11-5-2-6-12-23,24-13-7-3-8-14-24)33-15-9-4-10-16-33;1-23-13-9-10-14-24(23)19-20-29-27(31)28(25-15-5-2-6-16-25,26-17-7-3-8-18-26)30-21-11-4-12-22-30;29-25(27-21-22-13-5-1-6-14-22)26(23-15-7-2-8-16-23,24-17-9-3-10-18-24)28-19-11-4-12-20-28/h2-3,5-8,11-14,17-19H,4,9-10,15-16,20H2,1H3,(H,32,34);2-3,5-10,13-18H,4,11-12,19-22H2,1H3,(H,29,31);1-3,5-10,13-18H,4,11-12,19-21H2,(H,27,29). The van der Waals surface area contributed by atoms with Crippen molar-refractivity contribution in [2.45, 2.75) is 114 Å². The number of rotatable bonds is 19. The second-order valence-corrected chi connectivity index (χ2v) is 25.0. The van der Waals surface area contributed by atoms with E-state index >= 15 is 0 Å². The lowest BCUT2D eigenvalue weighted by molar-refractivity contribution is -0.137. The normalized spacial score (nSPS) is 15.0. The minimum Gasteiger partial charge on any atom is -0.354 e. The smallest absolute Gasteiger partial charge is 0.354 e. The first-order chi connectivity index (χ1) is 45.9. The lowest BCUT2D eigenvalue weighted by Gasteiger charge is -2.45. The topological polar surface area (TPSA) is 97.0 Å². The largest absolute Gasteiger partial charge is 0.416 e. The number of nitrogens with one attached hydrogen (secondary N) is 3. The predicted molar refractivity (Wildman–Crippen MR) is 371 cm³/mol. The number of carbonyl (C=O) groups excluding carboxylic acids is 3. The third-order valence-electron chi connectivity index (χ3n) is 18.8. The first-order valence-electron chi connectivity index (χ1n) is 33.6. The maximum absolute atomic E-state index is 14.1. The molecular formula is C82H89F3N6O3. The van der Waals surface area contributed by atoms with Crippen LogP contribution in [0.5, 0.6) is 0 Å². The summed E-state index contributed by atoms with van der Waals surface area (Å²) >= 11 is 0. The van der Waals surface area contributed by atoms with Crippen LogP contribution in [0.3, 0.4) is 0 Å². The molecule has 12 heteroatoms. The Morgan fingerprint density at radius 3 is 0.968 bits per heavy atom. The summed E-state index contributed by atoms with van der Waals surface area (Å²) < 4.78 is 40.0. The van der Waals surface area contributed by atoms with Crippen LogP contribution in [0.15, 0.2) is 255 Å². The first kappa shape index (κ1) is 67.9. The molecule has 0 unspecified atom stereocenters. The number of nitrogens with zero attached hydrogens (tertiary/aromatic N) is 3. The number of hydrogen-bond acceptors (Lipinski definition) is 6. The van der Waals surface area contributed by atoms with Crippen molar-refractivity contribution >= 4 is 17.7 Å². The van der Waals surface area contributed by atoms with E-state index in [-0.39, 0.29) is 24.3 Å². The van der Waals surface area contributed by atoms with E-state index in [1.165, 1.54) is 24.0 Å². The van der Waals surface area contributed by atoms with Crippen LogP contribution in [0.4, 0.5) is 13.2 Å². The number of piperidine rings is 3. The summed E-state index contributed by atoms with van der Waals surface area (Å²) in [6, 6.07) is 82.8. The van der Waals surface area contributed by atoms with E-state index in [4.69, 9.17) is 0 Å². The number of alkyl halides is 3. The maximum Gasteiger partial charge on any atom is 0.416 e. The lowest BCUT2D eigenvalue weighted by atomic mass is 9.79. The van der Waals surface area contributed by atoms with E-state index in [1.54, 1.807) is 13.0 Å². The Balaban J connectivity index is 0.000000154. The van der Waals surface area contributed by atoms with Gasteiger partial charge in [0.1, 0.15) is 0 Å². The van der Waals surface area contributed by atoms with Crippen LogP contribution in [0.1, 0.15) is 125 Å². The molecule has 12 rings (SSSR count). The quantitative estimate of drug-likeness (QED) is 0.0746. The van der Waals surface area contributed by atoms with Gasteiger partial charge >= 0.3 is 6.18 Å². The Bertz CT molecular complexity index is 3670. The molecule has 3 fully saturated rings. The van der Waals surface area contributed by atoms with Crippen molar-refractivity contribution in [3.05, 3.63) is 322 Å². The van der Waals surface area contributed by atoms with Crippen LogP contribution < -0.4 is 16.0 Å². The Labute approximate surface area is 554 Å². The molecule has 0 bridgehead atoms. The zero-order chi connectivity index (χ0) is 65.6. The van der Waals surface area contributed by atoms with Crippen LogP contribution in [-0.2, 0) is 56.7 Å². The van der Waals surface area contributed by atoms with Crippen molar-refractivity contribution in [3.63, 3.8) is 0 Å². The first-order valence-corrected chi connectivity index (χ1v) is 33.6. The third-order valence-corrected chi connectivity index (χ3v) is 18.8. The molecule has 0 saturated carbocycles. The van der Waals surface area contributed by atoms with Gasteiger partial charge in [-0.15, -0.1) is 0 Å². The van der Waals surface area contributed by atoms with Crippen LogP contribution in [0, 0.1) is 13.8 Å². The molecule has 0 aromatic heterocycles. The number of halogens is 3. The number of hydrogen-bond donors (Lipinski definition) is 3. The summed E-state index contributed by atoms with van der Waals surface area (Å²) in [7, 11) is 0. The second-order valence-electron chi connectivity index (χ2n) is 25.0. The van der Waals surface area contributed by atoms with Crippen LogP contribution >= 0.6 is 0 Å². The molecule has 3 aliphatic heterocycles. The van der Waals surface area contributed by atoms with Gasteiger partial charge in [-0.1, -0.05) is 267 Å². The SMILES string of the molecule is Cc1cc(CNC(=O)C(c2ccccc2)(c2ccccc2)N2CCCCC2)cc(C(F)(F)F)c1.Cc1ccccc1CCNC(=O)C(c1ccccc1)(c1ccccc1)N1CCCCC1.O=C(NCc1ccccc1)C(c1ccccc1)(c1ccccc1)N1CCCCC1. The van der Waals surface area contributed by atoms with Crippen molar-refractivity contribution in [2.75, 3.05) is 45.8 Å². The van der Waals surface area contributed by atoms with E-state index in [2.05, 4.69) is 110 Å². The molecule has 0 radical (unpaired) electrons. The summed E-state index contributed by atoms with van der Waals surface area (Å²) in [5.74, 6) is -0.122. The van der Waals surface area contributed by atoms with Gasteiger partial charge in [-0.25, -0.2) is 0 Å². The molecule has 0 aliphatic carbocycles. The number of carbonyl (C=O) groups is 3. The van der Waals surface area contributed by atoms with Gasteiger partial charge < -0.3 is 16.0 Å². The van der Waals surface area contributed by atoms with Crippen molar-refractivity contribution in [1.29, 1.82) is 0 Å². The average molecular weight is 1260 g/mol. The van der Waals surface area contributed by atoms with Gasteiger partial charge in [-0.3, -0.25) is 29.1 Å². The highest BCUT2D eigenvalue weighted by Crippen LogP contribution is 2.42. The summed E-state index contributed by atoms with van der Waals surface area (Å²) in [4.78, 5) is 49.2. The van der Waals surface area contributed by atoms with E-state index in [0.29, 0.717) is 24.2 Å². The van der Waals surface area contributed by atoms with Gasteiger partial charge in [0.05, 0.1) is 5.56 Å². The molecule has 3 amide bonds.